The van der Waals surface area contributed by atoms with Crippen molar-refractivity contribution in [3.05, 3.63) is 48.0 Å². The number of H-pyrrole nitrogens is 1. The summed E-state index contributed by atoms with van der Waals surface area (Å²) in [6.45, 7) is 6.57. The zero-order valence-electron chi connectivity index (χ0n) is 11.5. The van der Waals surface area contributed by atoms with E-state index in [1.165, 1.54) is 5.56 Å². The summed E-state index contributed by atoms with van der Waals surface area (Å²) in [6, 6.07) is 8.30. The Bertz CT molecular complexity index is 463. The van der Waals surface area contributed by atoms with Gasteiger partial charge in [0.1, 0.15) is 18.2 Å². The van der Waals surface area contributed by atoms with Crippen molar-refractivity contribution in [1.82, 2.24) is 15.3 Å². The standard InChI is InChI=1S/C15H21N3O/c1-12(2)13-3-5-14(6-4-13)19-10-9-16-11-15-17-7-8-18-15/h3-8,12,16H,9-11H2,1-2H3,(H,17,18). The number of hydrogen-bond acceptors (Lipinski definition) is 3. The van der Waals surface area contributed by atoms with Gasteiger partial charge < -0.3 is 15.0 Å². The van der Waals surface area contributed by atoms with Crippen LogP contribution in [0.4, 0.5) is 0 Å². The van der Waals surface area contributed by atoms with Gasteiger partial charge in [-0.2, -0.15) is 0 Å². The lowest BCUT2D eigenvalue weighted by molar-refractivity contribution is 0.313. The third-order valence-corrected chi connectivity index (χ3v) is 2.94. The maximum Gasteiger partial charge on any atom is 0.120 e. The average molecular weight is 259 g/mol. The van der Waals surface area contributed by atoms with Gasteiger partial charge in [-0.05, 0) is 23.6 Å². The predicted molar refractivity (Wildman–Crippen MR) is 76.3 cm³/mol. The number of rotatable bonds is 7. The van der Waals surface area contributed by atoms with Crippen LogP contribution in [0.1, 0.15) is 31.2 Å². The van der Waals surface area contributed by atoms with E-state index in [4.69, 9.17) is 4.74 Å². The van der Waals surface area contributed by atoms with E-state index in [2.05, 4.69) is 41.3 Å². The minimum absolute atomic E-state index is 0.559. The zero-order chi connectivity index (χ0) is 13.5. The molecule has 4 heteroatoms. The van der Waals surface area contributed by atoms with Gasteiger partial charge in [0.05, 0.1) is 6.54 Å². The van der Waals surface area contributed by atoms with Crippen molar-refractivity contribution in [2.45, 2.75) is 26.3 Å². The highest BCUT2D eigenvalue weighted by Crippen LogP contribution is 2.18. The SMILES string of the molecule is CC(C)c1ccc(OCCNCc2ncc[nH]2)cc1. The van der Waals surface area contributed by atoms with E-state index in [0.29, 0.717) is 12.5 Å². The minimum atomic E-state index is 0.559. The second-order valence-electron chi connectivity index (χ2n) is 4.78. The molecule has 1 aromatic heterocycles. The summed E-state index contributed by atoms with van der Waals surface area (Å²) in [5, 5.41) is 3.27. The first kappa shape index (κ1) is 13.6. The molecule has 1 heterocycles. The molecule has 0 unspecified atom stereocenters. The molecule has 0 saturated heterocycles. The summed E-state index contributed by atoms with van der Waals surface area (Å²) in [5.74, 6) is 2.43. The van der Waals surface area contributed by atoms with Crippen molar-refractivity contribution >= 4 is 0 Å². The lowest BCUT2D eigenvalue weighted by Crippen LogP contribution is -2.21. The van der Waals surface area contributed by atoms with Gasteiger partial charge in [0, 0.05) is 18.9 Å². The van der Waals surface area contributed by atoms with Crippen molar-refractivity contribution in [1.29, 1.82) is 0 Å². The van der Waals surface area contributed by atoms with E-state index in [-0.39, 0.29) is 0 Å². The van der Waals surface area contributed by atoms with Gasteiger partial charge >= 0.3 is 0 Å². The summed E-state index contributed by atoms with van der Waals surface area (Å²) in [5.41, 5.74) is 1.34. The number of aromatic nitrogens is 2. The molecular formula is C15H21N3O. The van der Waals surface area contributed by atoms with Crippen molar-refractivity contribution in [2.24, 2.45) is 0 Å². The lowest BCUT2D eigenvalue weighted by Gasteiger charge is -2.09. The molecule has 2 N–H and O–H groups in total. The Balaban J connectivity index is 1.65. The Hall–Kier alpha value is -1.81. The van der Waals surface area contributed by atoms with E-state index < -0.39 is 0 Å². The highest BCUT2D eigenvalue weighted by atomic mass is 16.5. The molecule has 0 aliphatic carbocycles. The van der Waals surface area contributed by atoms with Crippen molar-refractivity contribution in [3.63, 3.8) is 0 Å². The predicted octanol–water partition coefficient (Wildman–Crippen LogP) is 2.70. The zero-order valence-corrected chi connectivity index (χ0v) is 11.5. The van der Waals surface area contributed by atoms with E-state index in [0.717, 1.165) is 24.7 Å². The first-order chi connectivity index (χ1) is 9.25. The number of hydrogen-bond donors (Lipinski definition) is 2. The average Bonchev–Trinajstić information content (AvgIpc) is 2.92. The highest BCUT2D eigenvalue weighted by molar-refractivity contribution is 5.28. The molecular weight excluding hydrogens is 238 g/mol. The quantitative estimate of drug-likeness (QED) is 0.752. The van der Waals surface area contributed by atoms with Crippen molar-refractivity contribution < 1.29 is 4.74 Å². The largest absolute Gasteiger partial charge is 0.492 e. The lowest BCUT2D eigenvalue weighted by atomic mass is 10.0. The topological polar surface area (TPSA) is 49.9 Å². The van der Waals surface area contributed by atoms with Gasteiger partial charge in [0.2, 0.25) is 0 Å². The summed E-state index contributed by atoms with van der Waals surface area (Å²) < 4.78 is 5.67. The van der Waals surface area contributed by atoms with Crippen LogP contribution in [-0.4, -0.2) is 23.1 Å². The van der Waals surface area contributed by atoms with Crippen LogP contribution in [0.2, 0.25) is 0 Å². The third kappa shape index (κ3) is 4.41. The van der Waals surface area contributed by atoms with Crippen LogP contribution >= 0.6 is 0 Å². The smallest absolute Gasteiger partial charge is 0.120 e. The van der Waals surface area contributed by atoms with E-state index >= 15 is 0 Å². The number of imidazole rings is 1. The van der Waals surface area contributed by atoms with Crippen LogP contribution in [0, 0.1) is 0 Å². The Labute approximate surface area is 114 Å². The van der Waals surface area contributed by atoms with E-state index in [1.54, 1.807) is 6.20 Å². The van der Waals surface area contributed by atoms with Crippen LogP contribution in [0.5, 0.6) is 5.75 Å². The molecule has 0 atom stereocenters. The van der Waals surface area contributed by atoms with Crippen molar-refractivity contribution in [2.75, 3.05) is 13.2 Å². The van der Waals surface area contributed by atoms with Crippen LogP contribution in [0.3, 0.4) is 0 Å². The molecule has 0 bridgehead atoms. The molecule has 0 aliphatic rings. The molecule has 2 rings (SSSR count). The monoisotopic (exact) mass is 259 g/mol. The molecule has 2 aromatic rings. The first-order valence-electron chi connectivity index (χ1n) is 6.67. The number of nitrogens with zero attached hydrogens (tertiary/aromatic N) is 1. The molecule has 0 spiro atoms. The second kappa shape index (κ2) is 6.95. The number of nitrogens with one attached hydrogen (secondary N) is 2. The van der Waals surface area contributed by atoms with Crippen LogP contribution in [-0.2, 0) is 6.54 Å². The van der Waals surface area contributed by atoms with Gasteiger partial charge in [-0.1, -0.05) is 26.0 Å². The number of benzene rings is 1. The van der Waals surface area contributed by atoms with Crippen molar-refractivity contribution in [3.8, 4) is 5.75 Å². The number of aromatic amines is 1. The molecule has 0 fully saturated rings. The van der Waals surface area contributed by atoms with Gasteiger partial charge in [0.25, 0.3) is 0 Å². The first-order valence-corrected chi connectivity index (χ1v) is 6.67. The van der Waals surface area contributed by atoms with Crippen LogP contribution < -0.4 is 10.1 Å². The fourth-order valence-corrected chi connectivity index (χ4v) is 1.79. The maximum atomic E-state index is 5.67. The normalized spacial score (nSPS) is 10.9. The molecule has 102 valence electrons. The van der Waals surface area contributed by atoms with Crippen LogP contribution in [0.15, 0.2) is 36.7 Å². The van der Waals surface area contributed by atoms with E-state index in [9.17, 15) is 0 Å². The molecule has 1 aromatic carbocycles. The molecule has 0 saturated carbocycles. The third-order valence-electron chi connectivity index (χ3n) is 2.94. The van der Waals surface area contributed by atoms with Crippen LogP contribution in [0.25, 0.3) is 0 Å². The summed E-state index contributed by atoms with van der Waals surface area (Å²) in [4.78, 5) is 7.19. The summed E-state index contributed by atoms with van der Waals surface area (Å²) in [6.07, 6.45) is 3.58. The molecule has 0 amide bonds. The molecule has 0 aliphatic heterocycles. The maximum absolute atomic E-state index is 5.67. The highest BCUT2D eigenvalue weighted by Gasteiger charge is 1.99. The van der Waals surface area contributed by atoms with E-state index in [1.807, 2.05) is 18.3 Å². The van der Waals surface area contributed by atoms with Gasteiger partial charge in [-0.25, -0.2) is 4.98 Å². The summed E-state index contributed by atoms with van der Waals surface area (Å²) >= 11 is 0. The Kier molecular flexibility index (Phi) is 4.98. The Morgan fingerprint density at radius 2 is 2.05 bits per heavy atom. The Morgan fingerprint density at radius 1 is 1.26 bits per heavy atom. The van der Waals surface area contributed by atoms with Gasteiger partial charge in [-0.15, -0.1) is 0 Å². The molecule has 0 radical (unpaired) electrons. The van der Waals surface area contributed by atoms with Gasteiger partial charge in [0.15, 0.2) is 0 Å². The fraction of sp³-hybridized carbons (Fsp3) is 0.400. The second-order valence-corrected chi connectivity index (χ2v) is 4.78. The number of ether oxygens (including phenoxy) is 1. The molecule has 4 nitrogen and oxygen atoms in total. The van der Waals surface area contributed by atoms with Gasteiger partial charge in [-0.3, -0.25) is 0 Å². The fourth-order valence-electron chi connectivity index (χ4n) is 1.79. The summed E-state index contributed by atoms with van der Waals surface area (Å²) in [7, 11) is 0. The Morgan fingerprint density at radius 3 is 2.68 bits per heavy atom. The minimum Gasteiger partial charge on any atom is -0.492 e. The molecule has 19 heavy (non-hydrogen) atoms.